The Hall–Kier alpha value is -1.99. The topological polar surface area (TPSA) is 103 Å². The van der Waals surface area contributed by atoms with E-state index in [1.165, 1.54) is 4.90 Å². The molecule has 0 radical (unpaired) electrons. The van der Waals surface area contributed by atoms with Crippen molar-refractivity contribution in [3.05, 3.63) is 0 Å². The lowest BCUT2D eigenvalue weighted by Gasteiger charge is -2.20. The van der Waals surface area contributed by atoms with Gasteiger partial charge in [-0.3, -0.25) is 9.69 Å². The van der Waals surface area contributed by atoms with E-state index < -0.39 is 12.3 Å². The van der Waals surface area contributed by atoms with Gasteiger partial charge in [0.1, 0.15) is 18.9 Å². The first-order valence-corrected chi connectivity index (χ1v) is 6.02. The number of amides is 5. The smallest absolute Gasteiger partial charge is 0.321 e. The molecule has 2 saturated heterocycles. The third kappa shape index (κ3) is 2.47. The van der Waals surface area contributed by atoms with Crippen molar-refractivity contribution in [1.82, 2.24) is 26.2 Å². The van der Waals surface area contributed by atoms with E-state index in [9.17, 15) is 14.4 Å². The van der Waals surface area contributed by atoms with Crippen molar-refractivity contribution in [2.75, 3.05) is 13.1 Å². The summed E-state index contributed by atoms with van der Waals surface area (Å²) in [4.78, 5) is 35.6. The fraction of sp³-hybridized carbons (Fsp3) is 0.700. The van der Waals surface area contributed by atoms with E-state index in [0.717, 1.165) is 12.8 Å². The van der Waals surface area contributed by atoms with E-state index in [1.807, 2.05) is 6.92 Å². The Balaban J connectivity index is 1.86. The third-order valence-electron chi connectivity index (χ3n) is 2.92. The third-order valence-corrected chi connectivity index (χ3v) is 2.92. The molecule has 4 N–H and O–H groups in total. The lowest BCUT2D eigenvalue weighted by molar-refractivity contribution is -0.121. The zero-order chi connectivity index (χ0) is 13.1. The van der Waals surface area contributed by atoms with Crippen molar-refractivity contribution in [2.24, 2.45) is 0 Å². The molecule has 2 fully saturated rings. The zero-order valence-electron chi connectivity index (χ0n) is 10.2. The minimum atomic E-state index is -0.498. The Bertz CT molecular complexity index is 373. The largest absolute Gasteiger partial charge is 0.355 e. The SMILES string of the molecule is CCCCNC(=O)CN1C(=O)N[C@H]2NC(=O)N[C@H]21. The molecule has 2 atom stereocenters. The molecule has 8 nitrogen and oxygen atoms in total. The van der Waals surface area contributed by atoms with E-state index >= 15 is 0 Å². The molecule has 8 heteroatoms. The number of carbonyl (C=O) groups is 3. The number of rotatable bonds is 5. The molecule has 100 valence electrons. The van der Waals surface area contributed by atoms with Gasteiger partial charge in [0.15, 0.2) is 0 Å². The predicted molar refractivity (Wildman–Crippen MR) is 62.4 cm³/mol. The van der Waals surface area contributed by atoms with Crippen molar-refractivity contribution >= 4 is 18.0 Å². The summed E-state index contributed by atoms with van der Waals surface area (Å²) in [6, 6.07) is -0.704. The van der Waals surface area contributed by atoms with Crippen molar-refractivity contribution in [3.8, 4) is 0 Å². The van der Waals surface area contributed by atoms with Crippen molar-refractivity contribution in [3.63, 3.8) is 0 Å². The summed E-state index contributed by atoms with van der Waals surface area (Å²) in [5, 5.41) is 10.4. The summed E-state index contributed by atoms with van der Waals surface area (Å²) in [5.74, 6) is -0.222. The maximum atomic E-state index is 11.6. The van der Waals surface area contributed by atoms with Crippen LogP contribution in [0, 0.1) is 0 Å². The second-order valence-corrected chi connectivity index (χ2v) is 4.32. The van der Waals surface area contributed by atoms with E-state index in [4.69, 9.17) is 0 Å². The van der Waals surface area contributed by atoms with Gasteiger partial charge in [0, 0.05) is 6.54 Å². The maximum absolute atomic E-state index is 11.6. The standard InChI is InChI=1S/C10H17N5O3/c1-2-3-4-11-6(16)5-15-8-7(13-10(15)18)12-9(17)14-8/h7-8H,2-5H2,1H3,(H,11,16)(H,13,18)(H2,12,14,17)/t7-,8+/m1/s1. The summed E-state index contributed by atoms with van der Waals surface area (Å²) in [6.45, 7) is 2.58. The summed E-state index contributed by atoms with van der Waals surface area (Å²) in [7, 11) is 0. The molecule has 2 rings (SSSR count). The van der Waals surface area contributed by atoms with Gasteiger partial charge in [-0.05, 0) is 6.42 Å². The highest BCUT2D eigenvalue weighted by atomic mass is 16.2. The Morgan fingerprint density at radius 2 is 2.11 bits per heavy atom. The van der Waals surface area contributed by atoms with Crippen LogP contribution in [-0.2, 0) is 4.79 Å². The Labute approximate surface area is 104 Å². The highest BCUT2D eigenvalue weighted by molar-refractivity contribution is 5.88. The molecular weight excluding hydrogens is 238 g/mol. The van der Waals surface area contributed by atoms with Crippen LogP contribution in [0.25, 0.3) is 0 Å². The lowest BCUT2D eigenvalue weighted by Crippen LogP contribution is -2.48. The molecule has 0 unspecified atom stereocenters. The fourth-order valence-electron chi connectivity index (χ4n) is 1.98. The first-order valence-electron chi connectivity index (χ1n) is 6.02. The van der Waals surface area contributed by atoms with Crippen LogP contribution in [0.2, 0.25) is 0 Å². The number of hydrogen-bond acceptors (Lipinski definition) is 3. The molecule has 0 bridgehead atoms. The molecule has 0 aromatic rings. The summed E-state index contributed by atoms with van der Waals surface area (Å²) in [5.41, 5.74) is 0. The highest BCUT2D eigenvalue weighted by Gasteiger charge is 2.45. The normalized spacial score (nSPS) is 25.3. The van der Waals surface area contributed by atoms with Crippen LogP contribution in [0.1, 0.15) is 19.8 Å². The predicted octanol–water partition coefficient (Wildman–Crippen LogP) is -1.11. The fourth-order valence-corrected chi connectivity index (χ4v) is 1.98. The van der Waals surface area contributed by atoms with E-state index in [2.05, 4.69) is 21.3 Å². The molecular formula is C10H17N5O3. The van der Waals surface area contributed by atoms with Gasteiger partial charge in [-0.2, -0.15) is 0 Å². The molecule has 2 aliphatic rings. The van der Waals surface area contributed by atoms with Gasteiger partial charge in [-0.15, -0.1) is 0 Å². The van der Waals surface area contributed by atoms with E-state index in [0.29, 0.717) is 6.54 Å². The second-order valence-electron chi connectivity index (χ2n) is 4.32. The number of nitrogens with zero attached hydrogens (tertiary/aromatic N) is 1. The Morgan fingerprint density at radius 3 is 2.83 bits per heavy atom. The second kappa shape index (κ2) is 5.11. The molecule has 2 heterocycles. The molecule has 0 aliphatic carbocycles. The number of nitrogens with one attached hydrogen (secondary N) is 4. The van der Waals surface area contributed by atoms with Gasteiger partial charge in [0.2, 0.25) is 5.91 Å². The molecule has 18 heavy (non-hydrogen) atoms. The molecule has 0 saturated carbocycles. The highest BCUT2D eigenvalue weighted by Crippen LogP contribution is 2.13. The average molecular weight is 255 g/mol. The van der Waals surface area contributed by atoms with Gasteiger partial charge >= 0.3 is 12.1 Å². The molecule has 0 spiro atoms. The Morgan fingerprint density at radius 1 is 1.33 bits per heavy atom. The van der Waals surface area contributed by atoms with Crippen LogP contribution in [0.5, 0.6) is 0 Å². The van der Waals surface area contributed by atoms with Crippen molar-refractivity contribution in [2.45, 2.75) is 32.1 Å². The minimum absolute atomic E-state index is 0.0569. The van der Waals surface area contributed by atoms with Crippen LogP contribution >= 0.6 is 0 Å². The van der Waals surface area contributed by atoms with Crippen LogP contribution in [0.3, 0.4) is 0 Å². The van der Waals surface area contributed by atoms with Gasteiger partial charge in [-0.1, -0.05) is 13.3 Å². The number of hydrogen-bond donors (Lipinski definition) is 4. The monoisotopic (exact) mass is 255 g/mol. The van der Waals surface area contributed by atoms with Crippen molar-refractivity contribution < 1.29 is 14.4 Å². The molecule has 0 aromatic carbocycles. The summed E-state index contributed by atoms with van der Waals surface area (Å²) < 4.78 is 0. The molecule has 5 amide bonds. The van der Waals surface area contributed by atoms with E-state index in [-0.39, 0.29) is 24.5 Å². The van der Waals surface area contributed by atoms with Gasteiger partial charge in [-0.25, -0.2) is 9.59 Å². The maximum Gasteiger partial charge on any atom is 0.321 e. The molecule has 2 aliphatic heterocycles. The molecule has 0 aromatic heterocycles. The van der Waals surface area contributed by atoms with Crippen LogP contribution in [0.15, 0.2) is 0 Å². The van der Waals surface area contributed by atoms with Gasteiger partial charge in [0.05, 0.1) is 0 Å². The van der Waals surface area contributed by atoms with Gasteiger partial charge in [0.25, 0.3) is 0 Å². The van der Waals surface area contributed by atoms with Gasteiger partial charge < -0.3 is 21.3 Å². The average Bonchev–Trinajstić information content (AvgIpc) is 2.78. The number of unbranched alkanes of at least 4 members (excludes halogenated alkanes) is 1. The lowest BCUT2D eigenvalue weighted by atomic mass is 10.3. The van der Waals surface area contributed by atoms with E-state index in [1.54, 1.807) is 0 Å². The van der Waals surface area contributed by atoms with Crippen molar-refractivity contribution in [1.29, 1.82) is 0 Å². The van der Waals surface area contributed by atoms with Crippen LogP contribution in [0.4, 0.5) is 9.59 Å². The van der Waals surface area contributed by atoms with Crippen LogP contribution < -0.4 is 21.3 Å². The number of fused-ring (bicyclic) bond motifs is 1. The summed E-state index contributed by atoms with van der Waals surface area (Å²) in [6.07, 6.45) is 0.938. The summed E-state index contributed by atoms with van der Waals surface area (Å²) >= 11 is 0. The minimum Gasteiger partial charge on any atom is -0.355 e. The number of carbonyl (C=O) groups excluding carboxylic acids is 3. The van der Waals surface area contributed by atoms with Crippen LogP contribution in [-0.4, -0.2) is 48.3 Å². The number of urea groups is 2. The first-order chi connectivity index (χ1) is 8.61. The quantitative estimate of drug-likeness (QED) is 0.468. The Kier molecular flexibility index (Phi) is 3.54. The first kappa shape index (κ1) is 12.5. The zero-order valence-corrected chi connectivity index (χ0v) is 10.2.